The molecule has 2 aromatic rings. The third-order valence-electron chi connectivity index (χ3n) is 2.72. The zero-order valence-corrected chi connectivity index (χ0v) is 10.4. The Morgan fingerprint density at radius 1 is 1.21 bits per heavy atom. The third kappa shape index (κ3) is 2.90. The van der Waals surface area contributed by atoms with E-state index >= 15 is 0 Å². The normalized spacial score (nSPS) is 10.0. The van der Waals surface area contributed by atoms with E-state index in [4.69, 9.17) is 15.1 Å². The molecule has 0 fully saturated rings. The molecule has 0 aliphatic heterocycles. The molecule has 0 aliphatic carbocycles. The van der Waals surface area contributed by atoms with Crippen molar-refractivity contribution in [2.24, 2.45) is 0 Å². The van der Waals surface area contributed by atoms with Gasteiger partial charge in [-0.1, -0.05) is 12.1 Å². The highest BCUT2D eigenvalue weighted by atomic mass is 19.1. The van der Waals surface area contributed by atoms with Crippen molar-refractivity contribution in [3.8, 4) is 17.6 Å². The SMILES string of the molecule is Cc1ccc(C#N)cc1Oc1ccc(CO)cc1F. The van der Waals surface area contributed by atoms with E-state index < -0.39 is 5.82 Å². The highest BCUT2D eigenvalue weighted by molar-refractivity contribution is 5.44. The van der Waals surface area contributed by atoms with Crippen LogP contribution in [-0.2, 0) is 6.61 Å². The molecule has 0 heterocycles. The van der Waals surface area contributed by atoms with Crippen LogP contribution in [0.5, 0.6) is 11.5 Å². The topological polar surface area (TPSA) is 53.2 Å². The molecule has 4 heteroatoms. The number of hydrogen-bond donors (Lipinski definition) is 1. The molecule has 0 saturated carbocycles. The monoisotopic (exact) mass is 257 g/mol. The van der Waals surface area contributed by atoms with Crippen LogP contribution in [0, 0.1) is 24.1 Å². The fraction of sp³-hybridized carbons (Fsp3) is 0.133. The largest absolute Gasteiger partial charge is 0.454 e. The smallest absolute Gasteiger partial charge is 0.166 e. The first-order chi connectivity index (χ1) is 9.13. The highest BCUT2D eigenvalue weighted by Gasteiger charge is 2.08. The third-order valence-corrected chi connectivity index (χ3v) is 2.72. The molecule has 0 radical (unpaired) electrons. The first-order valence-corrected chi connectivity index (χ1v) is 5.72. The van der Waals surface area contributed by atoms with Gasteiger partial charge in [-0.05, 0) is 42.3 Å². The van der Waals surface area contributed by atoms with Gasteiger partial charge in [0.25, 0.3) is 0 Å². The molecule has 96 valence electrons. The van der Waals surface area contributed by atoms with Crippen LogP contribution in [0.4, 0.5) is 4.39 Å². The Balaban J connectivity index is 2.33. The van der Waals surface area contributed by atoms with E-state index in [1.165, 1.54) is 12.1 Å². The minimum Gasteiger partial charge on any atom is -0.454 e. The van der Waals surface area contributed by atoms with Crippen LogP contribution >= 0.6 is 0 Å². The lowest BCUT2D eigenvalue weighted by atomic mass is 10.1. The Morgan fingerprint density at radius 3 is 2.63 bits per heavy atom. The summed E-state index contributed by atoms with van der Waals surface area (Å²) >= 11 is 0. The van der Waals surface area contributed by atoms with Gasteiger partial charge in [0.15, 0.2) is 11.6 Å². The fourth-order valence-electron chi connectivity index (χ4n) is 1.62. The Kier molecular flexibility index (Phi) is 3.79. The number of aliphatic hydroxyl groups excluding tert-OH is 1. The lowest BCUT2D eigenvalue weighted by Gasteiger charge is -2.10. The van der Waals surface area contributed by atoms with E-state index in [0.29, 0.717) is 16.9 Å². The van der Waals surface area contributed by atoms with Crippen LogP contribution in [0.2, 0.25) is 0 Å². The van der Waals surface area contributed by atoms with Crippen molar-refractivity contribution in [2.75, 3.05) is 0 Å². The van der Waals surface area contributed by atoms with Crippen molar-refractivity contribution in [1.29, 1.82) is 5.26 Å². The van der Waals surface area contributed by atoms with Gasteiger partial charge < -0.3 is 9.84 Å². The highest BCUT2D eigenvalue weighted by Crippen LogP contribution is 2.28. The van der Waals surface area contributed by atoms with Crippen molar-refractivity contribution in [2.45, 2.75) is 13.5 Å². The number of nitrogens with zero attached hydrogens (tertiary/aromatic N) is 1. The summed E-state index contributed by atoms with van der Waals surface area (Å²) < 4.78 is 19.2. The fourth-order valence-corrected chi connectivity index (χ4v) is 1.62. The number of nitriles is 1. The molecule has 0 aromatic heterocycles. The molecule has 0 bridgehead atoms. The number of aryl methyl sites for hydroxylation is 1. The van der Waals surface area contributed by atoms with E-state index in [9.17, 15) is 4.39 Å². The first-order valence-electron chi connectivity index (χ1n) is 5.72. The standard InChI is InChI=1S/C15H12FNO2/c1-10-2-3-11(8-17)7-15(10)19-14-5-4-12(9-18)6-13(14)16/h2-7,18H,9H2,1H3. The van der Waals surface area contributed by atoms with Gasteiger partial charge in [0.2, 0.25) is 0 Å². The van der Waals surface area contributed by atoms with Crippen LogP contribution in [0.1, 0.15) is 16.7 Å². The molecular formula is C15H12FNO2. The number of hydrogen-bond acceptors (Lipinski definition) is 3. The maximum atomic E-state index is 13.7. The molecule has 1 N–H and O–H groups in total. The summed E-state index contributed by atoms with van der Waals surface area (Å²) in [5.74, 6) is -0.0431. The Hall–Kier alpha value is -2.38. The first kappa shape index (κ1) is 13.1. The molecule has 0 saturated heterocycles. The molecule has 3 nitrogen and oxygen atoms in total. The van der Waals surface area contributed by atoms with Gasteiger partial charge in [-0.3, -0.25) is 0 Å². The summed E-state index contributed by atoms with van der Waals surface area (Å²) in [5.41, 5.74) is 1.74. The Labute approximate surface area is 110 Å². The van der Waals surface area contributed by atoms with Gasteiger partial charge in [0.1, 0.15) is 5.75 Å². The molecular weight excluding hydrogens is 245 g/mol. The van der Waals surface area contributed by atoms with E-state index in [0.717, 1.165) is 5.56 Å². The number of rotatable bonds is 3. The molecule has 0 spiro atoms. The summed E-state index contributed by atoms with van der Waals surface area (Å²) in [6, 6.07) is 11.3. The van der Waals surface area contributed by atoms with Crippen LogP contribution < -0.4 is 4.74 Å². The van der Waals surface area contributed by atoms with E-state index in [1.807, 2.05) is 13.0 Å². The van der Waals surface area contributed by atoms with Crippen molar-refractivity contribution < 1.29 is 14.2 Å². The van der Waals surface area contributed by atoms with E-state index in [-0.39, 0.29) is 12.4 Å². The number of ether oxygens (including phenoxy) is 1. The average Bonchev–Trinajstić information content (AvgIpc) is 2.43. The minimum absolute atomic E-state index is 0.0652. The second-order valence-corrected chi connectivity index (χ2v) is 4.12. The van der Waals surface area contributed by atoms with Gasteiger partial charge in [-0.2, -0.15) is 5.26 Å². The van der Waals surface area contributed by atoms with Crippen LogP contribution in [0.15, 0.2) is 36.4 Å². The lowest BCUT2D eigenvalue weighted by Crippen LogP contribution is -1.93. The average molecular weight is 257 g/mol. The van der Waals surface area contributed by atoms with Gasteiger partial charge in [-0.15, -0.1) is 0 Å². The zero-order valence-electron chi connectivity index (χ0n) is 10.4. The lowest BCUT2D eigenvalue weighted by molar-refractivity contribution is 0.281. The number of benzene rings is 2. The van der Waals surface area contributed by atoms with Crippen LogP contribution in [-0.4, -0.2) is 5.11 Å². The summed E-state index contributed by atoms with van der Waals surface area (Å²) in [6.45, 7) is 1.59. The summed E-state index contributed by atoms with van der Waals surface area (Å²) in [7, 11) is 0. The summed E-state index contributed by atoms with van der Waals surface area (Å²) in [5, 5.41) is 17.7. The number of halogens is 1. The minimum atomic E-state index is -0.548. The van der Waals surface area contributed by atoms with Crippen LogP contribution in [0.3, 0.4) is 0 Å². The summed E-state index contributed by atoms with van der Waals surface area (Å²) in [6.07, 6.45) is 0. The van der Waals surface area contributed by atoms with Crippen molar-refractivity contribution >= 4 is 0 Å². The van der Waals surface area contributed by atoms with Crippen LogP contribution in [0.25, 0.3) is 0 Å². The van der Waals surface area contributed by atoms with Gasteiger partial charge >= 0.3 is 0 Å². The quantitative estimate of drug-likeness (QED) is 0.917. The molecule has 19 heavy (non-hydrogen) atoms. The van der Waals surface area contributed by atoms with Crippen molar-refractivity contribution in [1.82, 2.24) is 0 Å². The van der Waals surface area contributed by atoms with E-state index in [1.54, 1.807) is 24.3 Å². The molecule has 0 unspecified atom stereocenters. The summed E-state index contributed by atoms with van der Waals surface area (Å²) in [4.78, 5) is 0. The van der Waals surface area contributed by atoms with Gasteiger partial charge in [-0.25, -0.2) is 4.39 Å². The van der Waals surface area contributed by atoms with Gasteiger partial charge in [0, 0.05) is 0 Å². The second kappa shape index (κ2) is 5.51. The molecule has 2 aromatic carbocycles. The van der Waals surface area contributed by atoms with Crippen molar-refractivity contribution in [3.63, 3.8) is 0 Å². The molecule has 0 atom stereocenters. The predicted octanol–water partition coefficient (Wildman–Crippen LogP) is 3.29. The molecule has 0 amide bonds. The number of aliphatic hydroxyl groups is 1. The Bertz CT molecular complexity index is 647. The van der Waals surface area contributed by atoms with Crippen molar-refractivity contribution in [3.05, 3.63) is 58.9 Å². The predicted molar refractivity (Wildman–Crippen MR) is 68.3 cm³/mol. The zero-order chi connectivity index (χ0) is 13.8. The Morgan fingerprint density at radius 2 is 2.00 bits per heavy atom. The van der Waals surface area contributed by atoms with Gasteiger partial charge in [0.05, 0.1) is 18.2 Å². The maximum absolute atomic E-state index is 13.7. The molecule has 0 aliphatic rings. The molecule has 2 rings (SSSR count). The maximum Gasteiger partial charge on any atom is 0.166 e. The van der Waals surface area contributed by atoms with E-state index in [2.05, 4.69) is 0 Å². The second-order valence-electron chi connectivity index (χ2n) is 4.12.